The molecule has 2 aromatic rings. The molecule has 0 radical (unpaired) electrons. The van der Waals surface area contributed by atoms with Gasteiger partial charge in [0, 0.05) is 24.6 Å². The Bertz CT molecular complexity index is 636. The summed E-state index contributed by atoms with van der Waals surface area (Å²) in [6.07, 6.45) is 5.57. The molecule has 1 aliphatic rings. The number of carbonyl (C=O) groups is 1. The van der Waals surface area contributed by atoms with E-state index in [1.807, 2.05) is 37.1 Å². The van der Waals surface area contributed by atoms with Crippen LogP contribution in [-0.2, 0) is 0 Å². The van der Waals surface area contributed by atoms with Gasteiger partial charge in [0.25, 0.3) is 5.91 Å². The van der Waals surface area contributed by atoms with E-state index in [1.165, 1.54) is 0 Å². The van der Waals surface area contributed by atoms with E-state index in [0.717, 1.165) is 30.6 Å². The average molecular weight is 282 g/mol. The molecule has 1 unspecified atom stereocenters. The van der Waals surface area contributed by atoms with Crippen LogP contribution in [0.15, 0.2) is 30.6 Å². The minimum Gasteiger partial charge on any atom is -0.330 e. The lowest BCUT2D eigenvalue weighted by Crippen LogP contribution is -2.31. The molecule has 0 bridgehead atoms. The molecular weight excluding hydrogens is 264 g/mol. The highest BCUT2D eigenvalue weighted by Gasteiger charge is 2.31. The molecule has 3 rings (SSSR count). The summed E-state index contributed by atoms with van der Waals surface area (Å²) in [7, 11) is 0. The molecule has 0 N–H and O–H groups in total. The van der Waals surface area contributed by atoms with E-state index in [0.29, 0.717) is 11.5 Å². The van der Waals surface area contributed by atoms with Gasteiger partial charge in [-0.1, -0.05) is 6.07 Å². The summed E-state index contributed by atoms with van der Waals surface area (Å²) in [6.45, 7) is 4.46. The number of aryl methyl sites for hydroxylation is 2. The van der Waals surface area contributed by atoms with Gasteiger partial charge in [-0.3, -0.25) is 9.78 Å². The first-order valence-corrected chi connectivity index (χ1v) is 7.18. The van der Waals surface area contributed by atoms with Crippen LogP contribution < -0.4 is 0 Å². The van der Waals surface area contributed by atoms with E-state index in [1.54, 1.807) is 12.3 Å². The Morgan fingerprint density at radius 2 is 2.19 bits per heavy atom. The van der Waals surface area contributed by atoms with Crippen LogP contribution in [0.4, 0.5) is 0 Å². The number of rotatable bonds is 2. The van der Waals surface area contributed by atoms with Crippen molar-refractivity contribution in [1.29, 1.82) is 0 Å². The molecule has 5 nitrogen and oxygen atoms in total. The third-order valence-corrected chi connectivity index (χ3v) is 3.77. The van der Waals surface area contributed by atoms with Crippen molar-refractivity contribution < 1.29 is 4.79 Å². The Labute approximate surface area is 124 Å². The number of likely N-dealkylation sites (tertiary alicyclic amines) is 1. The van der Waals surface area contributed by atoms with Gasteiger partial charge in [-0.05, 0) is 44.4 Å². The molecule has 1 saturated heterocycles. The lowest BCUT2D eigenvalue weighted by Gasteiger charge is -2.24. The van der Waals surface area contributed by atoms with Gasteiger partial charge in [-0.15, -0.1) is 0 Å². The summed E-state index contributed by atoms with van der Waals surface area (Å²) >= 11 is 0. The average Bonchev–Trinajstić information content (AvgIpc) is 2.95. The van der Waals surface area contributed by atoms with Gasteiger partial charge in [0.2, 0.25) is 0 Å². The maximum absolute atomic E-state index is 12.8. The summed E-state index contributed by atoms with van der Waals surface area (Å²) in [5.41, 5.74) is 2.39. The fourth-order valence-electron chi connectivity index (χ4n) is 2.90. The number of nitrogens with zero attached hydrogens (tertiary/aromatic N) is 4. The molecule has 5 heteroatoms. The number of hydrogen-bond acceptors (Lipinski definition) is 4. The summed E-state index contributed by atoms with van der Waals surface area (Å²) in [5.74, 6) is 0.616. The van der Waals surface area contributed by atoms with Crippen LogP contribution in [0.3, 0.4) is 0 Å². The first-order valence-electron chi connectivity index (χ1n) is 7.18. The summed E-state index contributed by atoms with van der Waals surface area (Å²) in [5, 5.41) is 0. The molecule has 0 aliphatic carbocycles. The molecule has 3 heterocycles. The topological polar surface area (TPSA) is 59.0 Å². The quantitative estimate of drug-likeness (QED) is 0.849. The Hall–Kier alpha value is -2.30. The number of amides is 1. The Kier molecular flexibility index (Phi) is 3.64. The molecular formula is C16H18N4O. The highest BCUT2D eigenvalue weighted by molar-refractivity contribution is 5.92. The van der Waals surface area contributed by atoms with E-state index in [2.05, 4.69) is 15.0 Å². The van der Waals surface area contributed by atoms with Gasteiger partial charge >= 0.3 is 0 Å². The smallest absolute Gasteiger partial charge is 0.273 e. The molecule has 0 aromatic carbocycles. The zero-order valence-corrected chi connectivity index (χ0v) is 12.3. The molecule has 21 heavy (non-hydrogen) atoms. The van der Waals surface area contributed by atoms with E-state index < -0.39 is 0 Å². The number of hydrogen-bond donors (Lipinski definition) is 0. The monoisotopic (exact) mass is 282 g/mol. The molecule has 0 saturated carbocycles. The van der Waals surface area contributed by atoms with Crippen molar-refractivity contribution in [1.82, 2.24) is 19.9 Å². The first kappa shape index (κ1) is 13.7. The third kappa shape index (κ3) is 2.77. The van der Waals surface area contributed by atoms with Crippen molar-refractivity contribution in [3.05, 3.63) is 53.4 Å². The van der Waals surface area contributed by atoms with Crippen LogP contribution in [0.5, 0.6) is 0 Å². The predicted octanol–water partition coefficient (Wildman–Crippen LogP) is 2.47. The molecule has 1 aliphatic heterocycles. The van der Waals surface area contributed by atoms with Gasteiger partial charge < -0.3 is 4.90 Å². The lowest BCUT2D eigenvalue weighted by atomic mass is 10.1. The van der Waals surface area contributed by atoms with E-state index in [-0.39, 0.29) is 11.9 Å². The normalized spacial score (nSPS) is 18.0. The SMILES string of the molecule is Cc1cc(C(=O)N2CCCC2c2cccnc2)nc(C)n1. The summed E-state index contributed by atoms with van der Waals surface area (Å²) < 4.78 is 0. The van der Waals surface area contributed by atoms with E-state index in [9.17, 15) is 4.79 Å². The van der Waals surface area contributed by atoms with Crippen molar-refractivity contribution in [2.75, 3.05) is 6.54 Å². The lowest BCUT2D eigenvalue weighted by molar-refractivity contribution is 0.0729. The standard InChI is InChI=1S/C16H18N4O/c1-11-9-14(19-12(2)18-11)16(21)20-8-4-6-15(20)13-5-3-7-17-10-13/h3,5,7,9-10,15H,4,6,8H2,1-2H3. The van der Waals surface area contributed by atoms with Crippen LogP contribution in [0.2, 0.25) is 0 Å². The van der Waals surface area contributed by atoms with Gasteiger partial charge in [0.15, 0.2) is 0 Å². The van der Waals surface area contributed by atoms with Crippen LogP contribution >= 0.6 is 0 Å². The van der Waals surface area contributed by atoms with Crippen LogP contribution in [-0.4, -0.2) is 32.3 Å². The second kappa shape index (κ2) is 5.60. The Morgan fingerprint density at radius 3 is 2.90 bits per heavy atom. The molecule has 2 aromatic heterocycles. The van der Waals surface area contributed by atoms with Crippen molar-refractivity contribution in [3.63, 3.8) is 0 Å². The molecule has 108 valence electrons. The fourth-order valence-corrected chi connectivity index (χ4v) is 2.90. The molecule has 1 amide bonds. The zero-order chi connectivity index (χ0) is 14.8. The van der Waals surface area contributed by atoms with Gasteiger partial charge in [0.1, 0.15) is 11.5 Å². The van der Waals surface area contributed by atoms with Crippen molar-refractivity contribution in [2.45, 2.75) is 32.7 Å². The first-order chi connectivity index (χ1) is 10.1. The maximum Gasteiger partial charge on any atom is 0.273 e. The zero-order valence-electron chi connectivity index (χ0n) is 12.3. The molecule has 1 fully saturated rings. The van der Waals surface area contributed by atoms with E-state index >= 15 is 0 Å². The number of carbonyl (C=O) groups excluding carboxylic acids is 1. The second-order valence-electron chi connectivity index (χ2n) is 5.38. The van der Waals surface area contributed by atoms with Gasteiger partial charge in [0.05, 0.1) is 6.04 Å². The van der Waals surface area contributed by atoms with Crippen LogP contribution in [0.1, 0.15) is 46.5 Å². The maximum atomic E-state index is 12.8. The minimum atomic E-state index is -0.0186. The van der Waals surface area contributed by atoms with Crippen molar-refractivity contribution >= 4 is 5.91 Å². The van der Waals surface area contributed by atoms with Crippen molar-refractivity contribution in [2.24, 2.45) is 0 Å². The highest BCUT2D eigenvalue weighted by atomic mass is 16.2. The summed E-state index contributed by atoms with van der Waals surface area (Å²) in [6, 6.07) is 5.80. The highest BCUT2D eigenvalue weighted by Crippen LogP contribution is 2.32. The van der Waals surface area contributed by atoms with Crippen molar-refractivity contribution in [3.8, 4) is 0 Å². The minimum absolute atomic E-state index is 0.0186. The van der Waals surface area contributed by atoms with Gasteiger partial charge in [-0.25, -0.2) is 9.97 Å². The number of aromatic nitrogens is 3. The van der Waals surface area contributed by atoms with Gasteiger partial charge in [-0.2, -0.15) is 0 Å². The fraction of sp³-hybridized carbons (Fsp3) is 0.375. The third-order valence-electron chi connectivity index (χ3n) is 3.77. The van der Waals surface area contributed by atoms with E-state index in [4.69, 9.17) is 0 Å². The molecule has 0 spiro atoms. The Morgan fingerprint density at radius 1 is 1.33 bits per heavy atom. The molecule has 1 atom stereocenters. The second-order valence-corrected chi connectivity index (χ2v) is 5.38. The largest absolute Gasteiger partial charge is 0.330 e. The summed E-state index contributed by atoms with van der Waals surface area (Å²) in [4.78, 5) is 27.3. The Balaban J connectivity index is 1.90. The van der Waals surface area contributed by atoms with Crippen LogP contribution in [0.25, 0.3) is 0 Å². The number of pyridine rings is 1. The predicted molar refractivity (Wildman–Crippen MR) is 78.8 cm³/mol. The van der Waals surface area contributed by atoms with Crippen LogP contribution in [0, 0.1) is 13.8 Å².